The average molecular weight is 408 g/mol. The van der Waals surface area contributed by atoms with Crippen LogP contribution in [-0.4, -0.2) is 61.9 Å². The summed E-state index contributed by atoms with van der Waals surface area (Å²) in [5, 5.41) is 8.26. The number of methoxy groups -OCH3 is 1. The van der Waals surface area contributed by atoms with Crippen LogP contribution in [0.5, 0.6) is 0 Å². The number of hydrogen-bond acceptors (Lipinski definition) is 7. The highest BCUT2D eigenvalue weighted by Gasteiger charge is 2.27. The molecular formula is C18H25N5O2S2. The highest BCUT2D eigenvalue weighted by Crippen LogP contribution is 2.20. The van der Waals surface area contributed by atoms with Crippen LogP contribution in [-0.2, 0) is 22.6 Å². The Hall–Kier alpha value is -1.71. The molecule has 2 heterocycles. The van der Waals surface area contributed by atoms with Gasteiger partial charge in [0.1, 0.15) is 5.25 Å². The number of aryl methyl sites for hydroxylation is 1. The molecule has 1 fully saturated rings. The van der Waals surface area contributed by atoms with Crippen LogP contribution in [0.1, 0.15) is 25.3 Å². The molecule has 0 unspecified atom stereocenters. The fourth-order valence-corrected chi connectivity index (χ4v) is 4.44. The Morgan fingerprint density at radius 1 is 1.33 bits per heavy atom. The van der Waals surface area contributed by atoms with Crippen molar-refractivity contribution in [2.24, 2.45) is 0 Å². The van der Waals surface area contributed by atoms with Gasteiger partial charge in [-0.3, -0.25) is 9.69 Å². The number of aromatic nitrogens is 4. The number of carbonyl (C=O) groups excluding carboxylic acids is 1. The second-order valence-electron chi connectivity index (χ2n) is 6.54. The largest absolute Gasteiger partial charge is 0.468 e. The quantitative estimate of drug-likeness (QED) is 0.516. The van der Waals surface area contributed by atoms with E-state index in [0.717, 1.165) is 24.4 Å². The van der Waals surface area contributed by atoms with E-state index in [9.17, 15) is 4.79 Å². The summed E-state index contributed by atoms with van der Waals surface area (Å²) in [5.41, 5.74) is 2.23. The van der Waals surface area contributed by atoms with Crippen molar-refractivity contribution in [1.29, 1.82) is 0 Å². The molecule has 2 aromatic rings. The Balaban J connectivity index is 1.68. The minimum absolute atomic E-state index is 0.163. The smallest absolute Gasteiger partial charge is 0.320 e. The summed E-state index contributed by atoms with van der Waals surface area (Å²) < 4.78 is 8.78. The van der Waals surface area contributed by atoms with E-state index in [2.05, 4.69) is 34.4 Å². The third-order valence-electron chi connectivity index (χ3n) is 4.59. The van der Waals surface area contributed by atoms with E-state index in [4.69, 9.17) is 17.0 Å². The molecule has 0 saturated carbocycles. The number of benzene rings is 1. The predicted molar refractivity (Wildman–Crippen MR) is 109 cm³/mol. The number of esters is 1. The van der Waals surface area contributed by atoms with Crippen molar-refractivity contribution in [3.63, 3.8) is 0 Å². The van der Waals surface area contributed by atoms with Gasteiger partial charge < -0.3 is 4.74 Å². The molecule has 9 heteroatoms. The first-order valence-electron chi connectivity index (χ1n) is 9.16. The van der Waals surface area contributed by atoms with Gasteiger partial charge in [0.15, 0.2) is 0 Å². The fourth-order valence-electron chi connectivity index (χ4n) is 3.00. The number of hydrogen-bond donors (Lipinski definition) is 0. The van der Waals surface area contributed by atoms with Crippen LogP contribution >= 0.6 is 24.0 Å². The van der Waals surface area contributed by atoms with Gasteiger partial charge in [0.2, 0.25) is 4.77 Å². The molecule has 1 aromatic carbocycles. The monoisotopic (exact) mass is 407 g/mol. The van der Waals surface area contributed by atoms with Crippen LogP contribution in [0, 0.1) is 4.77 Å². The van der Waals surface area contributed by atoms with Gasteiger partial charge in [-0.15, -0.1) is 11.8 Å². The summed E-state index contributed by atoms with van der Waals surface area (Å²) in [6, 6.07) is 8.30. The lowest BCUT2D eigenvalue weighted by atomic mass is 10.1. The van der Waals surface area contributed by atoms with Crippen molar-refractivity contribution in [2.45, 2.75) is 38.1 Å². The molecule has 1 aliphatic heterocycles. The van der Waals surface area contributed by atoms with E-state index < -0.39 is 0 Å². The van der Waals surface area contributed by atoms with Gasteiger partial charge in [0, 0.05) is 18.8 Å². The first kappa shape index (κ1) is 20.0. The summed E-state index contributed by atoms with van der Waals surface area (Å²) in [6.07, 6.45) is 3.46. The first-order valence-corrected chi connectivity index (χ1v) is 10.6. The Labute approximate surface area is 168 Å². The first-order chi connectivity index (χ1) is 13.1. The molecule has 0 N–H and O–H groups in total. The summed E-state index contributed by atoms with van der Waals surface area (Å²) in [4.78, 5) is 13.9. The maximum absolute atomic E-state index is 11.8. The van der Waals surface area contributed by atoms with Crippen LogP contribution in [0.3, 0.4) is 0 Å². The zero-order chi connectivity index (χ0) is 19.2. The molecule has 0 bridgehead atoms. The van der Waals surface area contributed by atoms with Crippen LogP contribution in [0.25, 0.3) is 5.69 Å². The van der Waals surface area contributed by atoms with Gasteiger partial charge in [-0.25, -0.2) is 4.68 Å². The maximum Gasteiger partial charge on any atom is 0.320 e. The lowest BCUT2D eigenvalue weighted by Gasteiger charge is -2.30. The summed E-state index contributed by atoms with van der Waals surface area (Å²) in [7, 11) is 1.43. The second kappa shape index (κ2) is 9.48. The van der Waals surface area contributed by atoms with Gasteiger partial charge in [0.05, 0.1) is 19.5 Å². The van der Waals surface area contributed by atoms with Gasteiger partial charge in [-0.2, -0.15) is 4.68 Å². The molecular weight excluding hydrogens is 382 g/mol. The van der Waals surface area contributed by atoms with Gasteiger partial charge >= 0.3 is 5.97 Å². The third kappa shape index (κ3) is 4.97. The number of nitrogens with zero attached hydrogens (tertiary/aromatic N) is 5. The van der Waals surface area contributed by atoms with Gasteiger partial charge in [-0.05, 0) is 53.2 Å². The molecule has 7 nitrogen and oxygen atoms in total. The van der Waals surface area contributed by atoms with Crippen molar-refractivity contribution in [1.82, 2.24) is 24.7 Å². The van der Waals surface area contributed by atoms with E-state index in [1.165, 1.54) is 25.5 Å². The van der Waals surface area contributed by atoms with E-state index in [1.54, 1.807) is 21.1 Å². The molecule has 0 aliphatic carbocycles. The average Bonchev–Trinajstić information content (AvgIpc) is 3.06. The van der Waals surface area contributed by atoms with E-state index in [1.807, 2.05) is 12.1 Å². The molecule has 146 valence electrons. The van der Waals surface area contributed by atoms with Crippen LogP contribution in [0.4, 0.5) is 0 Å². The number of tetrazole rings is 1. The molecule has 1 saturated heterocycles. The number of rotatable bonds is 7. The summed E-state index contributed by atoms with van der Waals surface area (Å²) in [5.74, 6) is 0.695. The second-order valence-corrected chi connectivity index (χ2v) is 8.22. The minimum atomic E-state index is -0.180. The van der Waals surface area contributed by atoms with Crippen LogP contribution < -0.4 is 0 Å². The topological polar surface area (TPSA) is 65.2 Å². The lowest BCUT2D eigenvalue weighted by Crippen LogP contribution is -2.42. The van der Waals surface area contributed by atoms with Crippen molar-refractivity contribution >= 4 is 29.9 Å². The maximum atomic E-state index is 11.8. The molecule has 1 aliphatic rings. The molecule has 1 aromatic heterocycles. The number of carbonyl (C=O) groups is 1. The highest BCUT2D eigenvalue weighted by molar-refractivity contribution is 8.00. The Bertz CT molecular complexity index is 818. The number of ether oxygens (including phenoxy) is 1. The normalized spacial score (nSPS) is 17.8. The zero-order valence-corrected chi connectivity index (χ0v) is 17.3. The predicted octanol–water partition coefficient (Wildman–Crippen LogP) is 2.69. The standard InChI is InChI=1S/C18H25N5O2S2/c1-3-4-5-14-6-8-15(9-7-14)23-18(26)22(19-20-23)13-21-10-11-27-16(12-21)17(24)25-2/h6-9,16H,3-5,10-13H2,1-2H3/t16-/m0/s1. The zero-order valence-electron chi connectivity index (χ0n) is 15.7. The minimum Gasteiger partial charge on any atom is -0.468 e. The lowest BCUT2D eigenvalue weighted by molar-refractivity contribution is -0.140. The Kier molecular flexibility index (Phi) is 7.03. The molecule has 0 amide bonds. The number of thioether (sulfide) groups is 1. The third-order valence-corrected chi connectivity index (χ3v) is 6.13. The van der Waals surface area contributed by atoms with E-state index in [0.29, 0.717) is 18.0 Å². The Morgan fingerprint density at radius 2 is 2.11 bits per heavy atom. The molecule has 0 radical (unpaired) electrons. The van der Waals surface area contributed by atoms with E-state index >= 15 is 0 Å². The van der Waals surface area contributed by atoms with Crippen molar-refractivity contribution in [2.75, 3.05) is 26.0 Å². The van der Waals surface area contributed by atoms with Crippen LogP contribution in [0.15, 0.2) is 24.3 Å². The SMILES string of the molecule is CCCCc1ccc(-n2nnn(CN3CCS[C@H](C(=O)OC)C3)c2=S)cc1. The van der Waals surface area contributed by atoms with Gasteiger partial charge in [-0.1, -0.05) is 25.5 Å². The molecule has 0 spiro atoms. The highest BCUT2D eigenvalue weighted by atomic mass is 32.2. The number of unbranched alkanes of at least 4 members (excludes halogenated alkanes) is 1. The van der Waals surface area contributed by atoms with Gasteiger partial charge in [0.25, 0.3) is 0 Å². The molecule has 3 rings (SSSR count). The fraction of sp³-hybridized carbons (Fsp3) is 0.556. The molecule has 1 atom stereocenters. The summed E-state index contributed by atoms with van der Waals surface area (Å²) >= 11 is 7.19. The van der Waals surface area contributed by atoms with Crippen LogP contribution in [0.2, 0.25) is 0 Å². The van der Waals surface area contributed by atoms with E-state index in [-0.39, 0.29) is 11.2 Å². The molecule has 27 heavy (non-hydrogen) atoms. The Morgan fingerprint density at radius 3 is 2.81 bits per heavy atom. The van der Waals surface area contributed by atoms with Crippen molar-refractivity contribution in [3.8, 4) is 5.69 Å². The van der Waals surface area contributed by atoms with Crippen molar-refractivity contribution in [3.05, 3.63) is 34.6 Å². The summed E-state index contributed by atoms with van der Waals surface area (Å²) in [6.45, 7) is 4.21. The van der Waals surface area contributed by atoms with Crippen molar-refractivity contribution < 1.29 is 9.53 Å².